The molecule has 0 saturated carbocycles. The molecule has 0 aromatic heterocycles. The van der Waals surface area contributed by atoms with E-state index in [1.54, 1.807) is 19.3 Å². The molecule has 2 aromatic carbocycles. The number of carbonyl (C=O) groups excluding carboxylic acids is 1. The quantitative estimate of drug-likeness (QED) is 0.600. The predicted molar refractivity (Wildman–Crippen MR) is 97.4 cm³/mol. The van der Waals surface area contributed by atoms with Gasteiger partial charge in [-0.25, -0.2) is 4.79 Å². The summed E-state index contributed by atoms with van der Waals surface area (Å²) in [4.78, 5) is 12.2. The minimum atomic E-state index is -0.358. The fourth-order valence-electron chi connectivity index (χ4n) is 2.58. The molecule has 1 aliphatic heterocycles. The van der Waals surface area contributed by atoms with E-state index in [0.717, 1.165) is 16.7 Å². The average Bonchev–Trinajstić information content (AvgIpc) is 2.97. The molecule has 4 nitrogen and oxygen atoms in total. The van der Waals surface area contributed by atoms with E-state index in [1.807, 2.05) is 56.3 Å². The summed E-state index contributed by atoms with van der Waals surface area (Å²) in [7, 11) is 1.59. The van der Waals surface area contributed by atoms with Gasteiger partial charge in [-0.2, -0.15) is 0 Å². The number of methoxy groups -OCH3 is 1. The lowest BCUT2D eigenvalue weighted by atomic mass is 10.1. The average molecular weight is 336 g/mol. The zero-order chi connectivity index (χ0) is 17.8. The van der Waals surface area contributed by atoms with Crippen LogP contribution in [0, 0.1) is 6.92 Å². The third kappa shape index (κ3) is 3.74. The number of ether oxygens (including phenoxy) is 3. The van der Waals surface area contributed by atoms with Gasteiger partial charge in [0.1, 0.15) is 5.76 Å². The Morgan fingerprint density at radius 1 is 1.08 bits per heavy atom. The van der Waals surface area contributed by atoms with E-state index in [1.165, 1.54) is 0 Å². The van der Waals surface area contributed by atoms with E-state index in [0.29, 0.717) is 29.4 Å². The SMILES string of the molecule is CCOc1ccc(/C=C2/C=C(c3ccc(C)cc3)OC2=O)cc1OC. The highest BCUT2D eigenvalue weighted by Crippen LogP contribution is 2.31. The molecule has 0 saturated heterocycles. The molecule has 2 aromatic rings. The van der Waals surface area contributed by atoms with E-state index < -0.39 is 0 Å². The van der Waals surface area contributed by atoms with Crippen LogP contribution < -0.4 is 9.47 Å². The lowest BCUT2D eigenvalue weighted by Gasteiger charge is -2.09. The standard InChI is InChI=1S/C21H20O4/c1-4-24-18-10-7-15(12-20(18)23-3)11-17-13-19(25-21(17)22)16-8-5-14(2)6-9-16/h5-13H,4H2,1-3H3/b17-11-. The van der Waals surface area contributed by atoms with Gasteiger partial charge in [-0.15, -0.1) is 0 Å². The largest absolute Gasteiger partial charge is 0.493 e. The minimum Gasteiger partial charge on any atom is -0.493 e. The van der Waals surface area contributed by atoms with Gasteiger partial charge in [-0.3, -0.25) is 0 Å². The molecule has 0 N–H and O–H groups in total. The third-order valence-electron chi connectivity index (χ3n) is 3.87. The van der Waals surface area contributed by atoms with Crippen LogP contribution in [0.2, 0.25) is 0 Å². The maximum atomic E-state index is 12.2. The first-order valence-electron chi connectivity index (χ1n) is 8.14. The van der Waals surface area contributed by atoms with Crippen molar-refractivity contribution in [1.82, 2.24) is 0 Å². The van der Waals surface area contributed by atoms with Gasteiger partial charge in [0.15, 0.2) is 11.5 Å². The van der Waals surface area contributed by atoms with Gasteiger partial charge in [0.25, 0.3) is 0 Å². The maximum Gasteiger partial charge on any atom is 0.343 e. The van der Waals surface area contributed by atoms with Gasteiger partial charge >= 0.3 is 5.97 Å². The van der Waals surface area contributed by atoms with Crippen LogP contribution in [-0.4, -0.2) is 19.7 Å². The molecule has 0 spiro atoms. The van der Waals surface area contributed by atoms with Crippen LogP contribution in [0.1, 0.15) is 23.6 Å². The molecule has 0 aliphatic carbocycles. The summed E-state index contributed by atoms with van der Waals surface area (Å²) in [5, 5.41) is 0. The van der Waals surface area contributed by atoms with Crippen LogP contribution in [0.5, 0.6) is 11.5 Å². The number of cyclic esters (lactones) is 1. The maximum absolute atomic E-state index is 12.2. The van der Waals surface area contributed by atoms with Gasteiger partial charge in [-0.1, -0.05) is 35.9 Å². The Labute approximate surface area is 147 Å². The Kier molecular flexibility index (Phi) is 4.89. The molecule has 0 amide bonds. The van der Waals surface area contributed by atoms with Crippen LogP contribution >= 0.6 is 0 Å². The van der Waals surface area contributed by atoms with Crippen molar-refractivity contribution in [3.05, 3.63) is 70.8 Å². The molecular weight excluding hydrogens is 316 g/mol. The van der Waals surface area contributed by atoms with E-state index in [-0.39, 0.29) is 5.97 Å². The number of benzene rings is 2. The highest BCUT2D eigenvalue weighted by Gasteiger charge is 2.22. The van der Waals surface area contributed by atoms with E-state index >= 15 is 0 Å². The van der Waals surface area contributed by atoms with E-state index in [4.69, 9.17) is 14.2 Å². The van der Waals surface area contributed by atoms with E-state index in [2.05, 4.69) is 0 Å². The molecule has 25 heavy (non-hydrogen) atoms. The Morgan fingerprint density at radius 3 is 2.52 bits per heavy atom. The Balaban J connectivity index is 1.90. The van der Waals surface area contributed by atoms with Gasteiger partial charge in [0.2, 0.25) is 0 Å². The molecule has 0 fully saturated rings. The van der Waals surface area contributed by atoms with Crippen molar-refractivity contribution in [2.75, 3.05) is 13.7 Å². The fourth-order valence-corrected chi connectivity index (χ4v) is 2.58. The molecule has 0 radical (unpaired) electrons. The summed E-state index contributed by atoms with van der Waals surface area (Å²) in [6, 6.07) is 13.4. The molecule has 1 aliphatic rings. The molecule has 4 heteroatoms. The number of hydrogen-bond acceptors (Lipinski definition) is 4. The second kappa shape index (κ2) is 7.26. The van der Waals surface area contributed by atoms with Crippen molar-refractivity contribution in [3.8, 4) is 11.5 Å². The molecule has 0 atom stereocenters. The first-order chi connectivity index (χ1) is 12.1. The first-order valence-corrected chi connectivity index (χ1v) is 8.14. The number of esters is 1. The Morgan fingerprint density at radius 2 is 1.84 bits per heavy atom. The summed E-state index contributed by atoms with van der Waals surface area (Å²) >= 11 is 0. The van der Waals surface area contributed by atoms with Crippen LogP contribution in [0.15, 0.2) is 54.1 Å². The second-order valence-corrected chi connectivity index (χ2v) is 5.71. The second-order valence-electron chi connectivity index (χ2n) is 5.71. The lowest BCUT2D eigenvalue weighted by Crippen LogP contribution is -1.98. The summed E-state index contributed by atoms with van der Waals surface area (Å²) in [5.41, 5.74) is 3.38. The highest BCUT2D eigenvalue weighted by molar-refractivity contribution is 6.05. The predicted octanol–water partition coefficient (Wildman–Crippen LogP) is 4.38. The van der Waals surface area contributed by atoms with Crippen LogP contribution in [0.25, 0.3) is 11.8 Å². The van der Waals surface area contributed by atoms with Crippen molar-refractivity contribution >= 4 is 17.8 Å². The lowest BCUT2D eigenvalue weighted by molar-refractivity contribution is -0.130. The molecule has 1 heterocycles. The van der Waals surface area contributed by atoms with Crippen LogP contribution in [0.3, 0.4) is 0 Å². The zero-order valence-corrected chi connectivity index (χ0v) is 14.5. The summed E-state index contributed by atoms with van der Waals surface area (Å²) < 4.78 is 16.2. The van der Waals surface area contributed by atoms with Gasteiger partial charge < -0.3 is 14.2 Å². The van der Waals surface area contributed by atoms with Crippen LogP contribution in [-0.2, 0) is 9.53 Å². The number of aryl methyl sites for hydroxylation is 1. The molecular formula is C21H20O4. The summed E-state index contributed by atoms with van der Waals surface area (Å²) in [6.07, 6.45) is 3.54. The van der Waals surface area contributed by atoms with Crippen molar-refractivity contribution in [3.63, 3.8) is 0 Å². The van der Waals surface area contributed by atoms with Crippen molar-refractivity contribution < 1.29 is 19.0 Å². The minimum absolute atomic E-state index is 0.358. The van der Waals surface area contributed by atoms with Gasteiger partial charge in [0.05, 0.1) is 19.3 Å². The number of hydrogen-bond donors (Lipinski definition) is 0. The number of carbonyl (C=O) groups is 1. The van der Waals surface area contributed by atoms with Gasteiger partial charge in [-0.05, 0) is 43.7 Å². The van der Waals surface area contributed by atoms with E-state index in [9.17, 15) is 4.79 Å². The smallest absolute Gasteiger partial charge is 0.343 e. The van der Waals surface area contributed by atoms with Crippen molar-refractivity contribution in [2.24, 2.45) is 0 Å². The summed E-state index contributed by atoms with van der Waals surface area (Å²) in [6.45, 7) is 4.50. The molecule has 128 valence electrons. The van der Waals surface area contributed by atoms with Crippen molar-refractivity contribution in [1.29, 1.82) is 0 Å². The third-order valence-corrected chi connectivity index (χ3v) is 3.87. The fraction of sp³-hybridized carbons (Fsp3) is 0.190. The first kappa shape index (κ1) is 16.8. The summed E-state index contributed by atoms with van der Waals surface area (Å²) in [5.74, 6) is 1.51. The zero-order valence-electron chi connectivity index (χ0n) is 14.5. The topological polar surface area (TPSA) is 44.8 Å². The van der Waals surface area contributed by atoms with Crippen LogP contribution in [0.4, 0.5) is 0 Å². The molecule has 0 bridgehead atoms. The highest BCUT2D eigenvalue weighted by atomic mass is 16.5. The monoisotopic (exact) mass is 336 g/mol. The Hall–Kier alpha value is -3.01. The molecule has 3 rings (SSSR count). The normalized spacial score (nSPS) is 15.1. The Bertz CT molecular complexity index is 845. The van der Waals surface area contributed by atoms with Crippen molar-refractivity contribution in [2.45, 2.75) is 13.8 Å². The van der Waals surface area contributed by atoms with Gasteiger partial charge in [0, 0.05) is 5.56 Å². The number of rotatable bonds is 5. The molecule has 0 unspecified atom stereocenters.